The molecule has 35 heavy (non-hydrogen) atoms. The van der Waals surface area contributed by atoms with Crippen molar-refractivity contribution in [3.8, 4) is 11.5 Å². The number of hydrazone groups is 1. The van der Waals surface area contributed by atoms with Crippen molar-refractivity contribution in [2.24, 2.45) is 5.10 Å². The summed E-state index contributed by atoms with van der Waals surface area (Å²) in [5.41, 5.74) is 2.31. The second-order valence-corrected chi connectivity index (χ2v) is 10.6. The fourth-order valence-electron chi connectivity index (χ4n) is 4.05. The number of rotatable bonds is 4. The highest BCUT2D eigenvalue weighted by molar-refractivity contribution is 8.29. The maximum atomic E-state index is 14.0. The van der Waals surface area contributed by atoms with Gasteiger partial charge >= 0.3 is 0 Å². The van der Waals surface area contributed by atoms with Crippen LogP contribution in [0, 0.1) is 0 Å². The van der Waals surface area contributed by atoms with Crippen LogP contribution in [0.5, 0.6) is 11.5 Å². The Hall–Kier alpha value is -3.69. The van der Waals surface area contributed by atoms with E-state index >= 15 is 0 Å². The summed E-state index contributed by atoms with van der Waals surface area (Å²) < 4.78 is 9.88. The van der Waals surface area contributed by atoms with Crippen molar-refractivity contribution in [2.45, 2.75) is 11.3 Å². The number of hydrogen-bond donors (Lipinski definition) is 0. The molecule has 174 valence electrons. The van der Waals surface area contributed by atoms with Gasteiger partial charge in [-0.3, -0.25) is 14.5 Å². The summed E-state index contributed by atoms with van der Waals surface area (Å²) in [7, 11) is 0. The minimum Gasteiger partial charge on any atom is -0.454 e. The molecular formula is C26H19N3O4S2. The number of carbonyl (C=O) groups excluding carboxylic acids is 2. The summed E-state index contributed by atoms with van der Waals surface area (Å²) in [5, 5.41) is 6.79. The predicted octanol–water partition coefficient (Wildman–Crippen LogP) is 5.30. The lowest BCUT2D eigenvalue weighted by Gasteiger charge is -2.38. The zero-order chi connectivity index (χ0) is 24.0. The third kappa shape index (κ3) is 3.67. The van der Waals surface area contributed by atoms with Crippen LogP contribution in [-0.2, 0) is 9.59 Å². The summed E-state index contributed by atoms with van der Waals surface area (Å²) in [6.07, 6.45) is 1.84. The van der Waals surface area contributed by atoms with Crippen molar-refractivity contribution in [2.75, 3.05) is 16.7 Å². The molecule has 1 atom stereocenters. The van der Waals surface area contributed by atoms with Crippen LogP contribution in [0.1, 0.15) is 12.5 Å². The summed E-state index contributed by atoms with van der Waals surface area (Å²) in [4.78, 5) is 28.6. The molecule has 1 spiro atoms. The zero-order valence-electron chi connectivity index (χ0n) is 18.6. The van der Waals surface area contributed by atoms with Gasteiger partial charge in [0.1, 0.15) is 0 Å². The molecule has 0 radical (unpaired) electrons. The number of carbonyl (C=O) groups is 2. The first kappa shape index (κ1) is 21.8. The first-order valence-electron chi connectivity index (χ1n) is 10.9. The fourth-order valence-corrected chi connectivity index (χ4v) is 6.93. The van der Waals surface area contributed by atoms with Gasteiger partial charge in [-0.15, -0.1) is 0 Å². The molecule has 3 aliphatic rings. The molecule has 1 amide bonds. The van der Waals surface area contributed by atoms with Crippen LogP contribution in [0.15, 0.2) is 88.9 Å². The van der Waals surface area contributed by atoms with Crippen molar-refractivity contribution < 1.29 is 19.1 Å². The number of para-hydroxylation sites is 2. The molecule has 3 aromatic carbocycles. The molecule has 0 N–H and O–H groups in total. The van der Waals surface area contributed by atoms with Crippen LogP contribution in [0.4, 0.5) is 11.4 Å². The van der Waals surface area contributed by atoms with E-state index in [1.807, 2.05) is 84.9 Å². The maximum Gasteiger partial charge on any atom is 0.268 e. The van der Waals surface area contributed by atoms with E-state index in [0.29, 0.717) is 27.1 Å². The average Bonchev–Trinajstić information content (AvgIpc) is 3.56. The molecule has 1 fully saturated rings. The van der Waals surface area contributed by atoms with E-state index < -0.39 is 4.33 Å². The third-order valence-corrected chi connectivity index (χ3v) is 8.46. The van der Waals surface area contributed by atoms with E-state index in [2.05, 4.69) is 5.10 Å². The summed E-state index contributed by atoms with van der Waals surface area (Å²) in [5.74, 6) is 1.00. The van der Waals surface area contributed by atoms with Crippen molar-refractivity contribution >= 4 is 57.7 Å². The number of Topliss-reactive ketones (excluding diaryl/α,β-unsaturated/α-hetero) is 1. The quantitative estimate of drug-likeness (QED) is 0.449. The third-order valence-electron chi connectivity index (χ3n) is 5.64. The Labute approximate surface area is 210 Å². The van der Waals surface area contributed by atoms with Crippen LogP contribution in [0.3, 0.4) is 0 Å². The van der Waals surface area contributed by atoms with Crippen molar-refractivity contribution in [3.05, 3.63) is 89.3 Å². The van der Waals surface area contributed by atoms with Gasteiger partial charge in [-0.1, -0.05) is 54.2 Å². The number of thioether (sulfide) groups is 2. The highest BCUT2D eigenvalue weighted by Gasteiger charge is 2.59. The van der Waals surface area contributed by atoms with Crippen molar-refractivity contribution in [3.63, 3.8) is 0 Å². The molecule has 0 bridgehead atoms. The Bertz CT molecular complexity index is 1390. The number of hydrogen-bond acceptors (Lipinski definition) is 8. The lowest BCUT2D eigenvalue weighted by atomic mass is 10.2. The number of benzene rings is 3. The number of anilines is 2. The molecule has 0 aliphatic carbocycles. The molecule has 3 aliphatic heterocycles. The van der Waals surface area contributed by atoms with Gasteiger partial charge in [-0.05, 0) is 59.8 Å². The van der Waals surface area contributed by atoms with E-state index in [-0.39, 0.29) is 18.5 Å². The standard InChI is InChI=1S/C26H19N3O4S2/c1-17(30)24-27-29(20-10-6-3-7-11-20)26(35-24)28(19-8-4-2-5-9-19)25(31)23(34-26)15-18-12-13-21-22(14-18)33-16-32-21/h2-15H,16H2,1H3/b23-15+. The number of amides is 1. The normalized spacial score (nSPS) is 21.8. The second kappa shape index (κ2) is 8.51. The largest absolute Gasteiger partial charge is 0.454 e. The number of nitrogens with zero attached hydrogens (tertiary/aromatic N) is 3. The molecule has 3 heterocycles. The van der Waals surface area contributed by atoms with Gasteiger partial charge in [0, 0.05) is 12.6 Å². The number of ether oxygens (including phenoxy) is 2. The van der Waals surface area contributed by atoms with Gasteiger partial charge in [0.2, 0.25) is 11.1 Å². The number of ketones is 1. The Morgan fingerprint density at radius 3 is 2.34 bits per heavy atom. The highest BCUT2D eigenvalue weighted by atomic mass is 32.2. The molecule has 0 saturated carbocycles. The van der Waals surface area contributed by atoms with E-state index in [1.165, 1.54) is 30.4 Å². The highest BCUT2D eigenvalue weighted by Crippen LogP contribution is 2.59. The topological polar surface area (TPSA) is 71.4 Å². The van der Waals surface area contributed by atoms with Gasteiger partial charge < -0.3 is 9.47 Å². The van der Waals surface area contributed by atoms with Crippen LogP contribution < -0.4 is 19.4 Å². The SMILES string of the molecule is CC(=O)C1=NN(c2ccccc2)C2(S1)S/C(=C/c1ccc3c(c1)OCO3)C(=O)N2c1ccccc1. The Balaban J connectivity index is 1.49. The monoisotopic (exact) mass is 501 g/mol. The minimum absolute atomic E-state index is 0.151. The average molecular weight is 502 g/mol. The van der Waals surface area contributed by atoms with Crippen LogP contribution in [-0.4, -0.2) is 27.9 Å². The molecule has 1 saturated heterocycles. The van der Waals surface area contributed by atoms with Crippen molar-refractivity contribution in [1.29, 1.82) is 0 Å². The smallest absolute Gasteiger partial charge is 0.268 e. The minimum atomic E-state index is -1.04. The van der Waals surface area contributed by atoms with E-state index in [4.69, 9.17) is 9.47 Å². The van der Waals surface area contributed by atoms with E-state index in [1.54, 1.807) is 9.91 Å². The van der Waals surface area contributed by atoms with E-state index in [9.17, 15) is 9.59 Å². The fraction of sp³-hybridized carbons (Fsp3) is 0.115. The maximum absolute atomic E-state index is 14.0. The summed E-state index contributed by atoms with van der Waals surface area (Å²) in [6, 6.07) is 24.6. The van der Waals surface area contributed by atoms with Gasteiger partial charge in [0.05, 0.1) is 10.6 Å². The van der Waals surface area contributed by atoms with Crippen LogP contribution in [0.25, 0.3) is 6.08 Å². The molecule has 9 heteroatoms. The van der Waals surface area contributed by atoms with Gasteiger partial charge in [0.15, 0.2) is 22.3 Å². The summed E-state index contributed by atoms with van der Waals surface area (Å²) in [6.45, 7) is 1.67. The summed E-state index contributed by atoms with van der Waals surface area (Å²) >= 11 is 2.65. The molecular weight excluding hydrogens is 482 g/mol. The zero-order valence-corrected chi connectivity index (χ0v) is 20.2. The lowest BCUT2D eigenvalue weighted by molar-refractivity contribution is -0.114. The molecule has 1 unspecified atom stereocenters. The molecule has 3 aromatic rings. The molecule has 7 nitrogen and oxygen atoms in total. The van der Waals surface area contributed by atoms with Gasteiger partial charge in [-0.25, -0.2) is 5.01 Å². The van der Waals surface area contributed by atoms with Gasteiger partial charge in [0.25, 0.3) is 5.91 Å². The molecule has 6 rings (SSSR count). The Kier molecular flexibility index (Phi) is 5.31. The predicted molar refractivity (Wildman–Crippen MR) is 139 cm³/mol. The number of fused-ring (bicyclic) bond motifs is 1. The van der Waals surface area contributed by atoms with E-state index in [0.717, 1.165) is 11.3 Å². The van der Waals surface area contributed by atoms with Crippen molar-refractivity contribution in [1.82, 2.24) is 0 Å². The van der Waals surface area contributed by atoms with Gasteiger partial charge in [-0.2, -0.15) is 5.10 Å². The van der Waals surface area contributed by atoms with Crippen LogP contribution >= 0.6 is 23.5 Å². The molecule has 0 aromatic heterocycles. The Morgan fingerprint density at radius 1 is 0.943 bits per heavy atom. The lowest BCUT2D eigenvalue weighted by Crippen LogP contribution is -2.51. The first-order valence-corrected chi connectivity index (χ1v) is 12.5. The Morgan fingerprint density at radius 2 is 1.63 bits per heavy atom. The first-order chi connectivity index (χ1) is 17.0. The van der Waals surface area contributed by atoms with Crippen LogP contribution in [0.2, 0.25) is 0 Å². The second-order valence-electron chi connectivity index (χ2n) is 7.96.